The van der Waals surface area contributed by atoms with Gasteiger partial charge < -0.3 is 20.5 Å². The number of anilines is 1. The fourth-order valence-electron chi connectivity index (χ4n) is 3.53. The maximum absolute atomic E-state index is 12.8. The normalized spacial score (nSPS) is 11.6. The van der Waals surface area contributed by atoms with Crippen LogP contribution in [0.3, 0.4) is 0 Å². The van der Waals surface area contributed by atoms with E-state index < -0.39 is 11.7 Å². The fourth-order valence-corrected chi connectivity index (χ4v) is 3.53. The van der Waals surface area contributed by atoms with Gasteiger partial charge in [0, 0.05) is 23.5 Å². The maximum atomic E-state index is 12.8. The van der Waals surface area contributed by atoms with E-state index in [4.69, 9.17) is 20.6 Å². The minimum absolute atomic E-state index is 0.0190. The van der Waals surface area contributed by atoms with Crippen molar-refractivity contribution < 1.29 is 9.47 Å². The summed E-state index contributed by atoms with van der Waals surface area (Å²) < 4.78 is 12.1. The third-order valence-corrected chi connectivity index (χ3v) is 5.31. The van der Waals surface area contributed by atoms with E-state index in [1.807, 2.05) is 25.1 Å². The molecule has 1 atom stereocenters. The van der Waals surface area contributed by atoms with E-state index in [-0.39, 0.29) is 5.84 Å². The molecule has 0 saturated carbocycles. The average molecular weight is 460 g/mol. The van der Waals surface area contributed by atoms with E-state index in [9.17, 15) is 4.79 Å². The van der Waals surface area contributed by atoms with Crippen molar-refractivity contribution in [1.29, 1.82) is 5.41 Å². The molecule has 0 aliphatic heterocycles. The largest absolute Gasteiger partial charge is 0.497 e. The number of hydrogen-bond acceptors (Lipinski definition) is 7. The highest BCUT2D eigenvalue weighted by atomic mass is 16.5. The van der Waals surface area contributed by atoms with Gasteiger partial charge in [-0.1, -0.05) is 6.07 Å². The highest BCUT2D eigenvalue weighted by Gasteiger charge is 2.22. The van der Waals surface area contributed by atoms with E-state index in [1.165, 1.54) is 4.68 Å². The highest BCUT2D eigenvalue weighted by Crippen LogP contribution is 2.31. The van der Waals surface area contributed by atoms with Gasteiger partial charge in [0.05, 0.1) is 14.2 Å². The Morgan fingerprint density at radius 3 is 2.38 bits per heavy atom. The molecule has 4 aromatic rings. The molecule has 1 unspecified atom stereocenters. The summed E-state index contributed by atoms with van der Waals surface area (Å²) in [5.74, 6) is 1.99. The molecule has 0 aliphatic rings. The summed E-state index contributed by atoms with van der Waals surface area (Å²) in [6, 6.07) is 15.6. The number of aromatic amines is 1. The van der Waals surface area contributed by atoms with Gasteiger partial charge in [-0.25, -0.2) is 9.78 Å². The van der Waals surface area contributed by atoms with Crippen LogP contribution in [0.5, 0.6) is 11.5 Å². The molecular weight excluding hydrogens is 434 g/mol. The number of nitrogen functional groups attached to an aromatic ring is 1. The summed E-state index contributed by atoms with van der Waals surface area (Å²) >= 11 is 0. The van der Waals surface area contributed by atoms with Crippen LogP contribution in [0.25, 0.3) is 5.82 Å². The summed E-state index contributed by atoms with van der Waals surface area (Å²) in [4.78, 5) is 20.0. The van der Waals surface area contributed by atoms with Crippen molar-refractivity contribution in [1.82, 2.24) is 19.7 Å². The summed E-state index contributed by atoms with van der Waals surface area (Å²) in [6.45, 7) is 1.86. The number of aryl methyl sites for hydroxylation is 1. The third kappa shape index (κ3) is 4.60. The number of aromatic nitrogens is 4. The smallest absolute Gasteiger partial charge is 0.349 e. The van der Waals surface area contributed by atoms with E-state index in [0.29, 0.717) is 28.7 Å². The fraction of sp³-hybridized carbons (Fsp3) is 0.167. The molecule has 34 heavy (non-hydrogen) atoms. The molecule has 2 aromatic heterocycles. The van der Waals surface area contributed by atoms with Crippen molar-refractivity contribution in [3.8, 4) is 17.3 Å². The van der Waals surface area contributed by atoms with Crippen molar-refractivity contribution in [3.63, 3.8) is 0 Å². The van der Waals surface area contributed by atoms with Gasteiger partial charge >= 0.3 is 5.69 Å². The Balaban J connectivity index is 1.82. The zero-order valence-electron chi connectivity index (χ0n) is 19.0. The lowest BCUT2D eigenvalue weighted by Crippen LogP contribution is -2.18. The van der Waals surface area contributed by atoms with Crippen LogP contribution in [0.4, 0.5) is 5.69 Å². The quantitative estimate of drug-likeness (QED) is 0.234. The Morgan fingerprint density at radius 1 is 1.12 bits per heavy atom. The van der Waals surface area contributed by atoms with Crippen molar-refractivity contribution in [2.45, 2.75) is 13.0 Å². The van der Waals surface area contributed by atoms with Gasteiger partial charge in [-0.15, -0.1) is 5.10 Å². The molecule has 0 radical (unpaired) electrons. The molecule has 2 heterocycles. The van der Waals surface area contributed by atoms with Crippen LogP contribution < -0.4 is 26.2 Å². The molecular formula is C24H25N7O3. The van der Waals surface area contributed by atoms with Gasteiger partial charge in [0.1, 0.15) is 23.4 Å². The first kappa shape index (κ1) is 22.6. The number of nitrogens with one attached hydrogen (secondary N) is 3. The summed E-state index contributed by atoms with van der Waals surface area (Å²) in [5.41, 5.74) is 8.08. The number of pyridine rings is 1. The second-order valence-corrected chi connectivity index (χ2v) is 7.59. The zero-order valence-corrected chi connectivity index (χ0v) is 19.0. The number of hydrogen-bond donors (Lipinski definition) is 4. The monoisotopic (exact) mass is 459 g/mol. The van der Waals surface area contributed by atoms with Crippen LogP contribution in [0, 0.1) is 12.3 Å². The van der Waals surface area contributed by atoms with E-state index in [1.54, 1.807) is 56.8 Å². The lowest BCUT2D eigenvalue weighted by atomic mass is 10.0. The number of ether oxygens (including phenoxy) is 2. The zero-order chi connectivity index (χ0) is 24.2. The van der Waals surface area contributed by atoms with Gasteiger partial charge in [-0.2, -0.15) is 4.68 Å². The SMILES string of the molecule is COc1cc(OC)cc(C(Nc2ccc(C(=N)N)cc2)c2nn(-c3ncccc3C)c(=O)[nH]2)c1. The predicted octanol–water partition coefficient (Wildman–Crippen LogP) is 2.77. The molecule has 0 bridgehead atoms. The lowest BCUT2D eigenvalue weighted by Gasteiger charge is -2.20. The standard InChI is InChI=1S/C24H25N7O3/c1-14-5-4-10-27-23(14)31-24(32)29-22(30-31)20(16-11-18(33-2)13-19(12-16)34-3)28-17-8-6-15(7-9-17)21(25)26/h4-13,20,28H,1-3H3,(H3,25,26)(H,29,30,32). The molecule has 174 valence electrons. The molecule has 0 spiro atoms. The van der Waals surface area contributed by atoms with Crippen LogP contribution >= 0.6 is 0 Å². The second-order valence-electron chi connectivity index (χ2n) is 7.59. The van der Waals surface area contributed by atoms with Crippen molar-refractivity contribution >= 4 is 11.5 Å². The highest BCUT2D eigenvalue weighted by molar-refractivity contribution is 5.95. The summed E-state index contributed by atoms with van der Waals surface area (Å²) in [6.07, 6.45) is 1.61. The molecule has 5 N–H and O–H groups in total. The van der Waals surface area contributed by atoms with E-state index >= 15 is 0 Å². The van der Waals surface area contributed by atoms with Gasteiger partial charge in [0.15, 0.2) is 11.6 Å². The number of methoxy groups -OCH3 is 2. The molecule has 0 aliphatic carbocycles. The number of benzene rings is 2. The number of rotatable bonds is 8. The van der Waals surface area contributed by atoms with Crippen molar-refractivity contribution in [2.24, 2.45) is 5.73 Å². The molecule has 4 rings (SSSR count). The minimum Gasteiger partial charge on any atom is -0.497 e. The molecule has 10 nitrogen and oxygen atoms in total. The third-order valence-electron chi connectivity index (χ3n) is 5.31. The van der Waals surface area contributed by atoms with Crippen LogP contribution in [0.2, 0.25) is 0 Å². The minimum atomic E-state index is -0.565. The molecule has 0 saturated heterocycles. The Bertz CT molecular complexity index is 1350. The number of H-pyrrole nitrogens is 1. The van der Waals surface area contributed by atoms with Gasteiger partial charge in [-0.05, 0) is 60.5 Å². The van der Waals surface area contributed by atoms with Crippen molar-refractivity contribution in [2.75, 3.05) is 19.5 Å². The number of nitrogens with zero attached hydrogens (tertiary/aromatic N) is 3. The van der Waals surface area contributed by atoms with Crippen LogP contribution in [0.15, 0.2) is 65.6 Å². The first-order valence-electron chi connectivity index (χ1n) is 10.4. The number of nitrogens with two attached hydrogens (primary N) is 1. The van der Waals surface area contributed by atoms with E-state index in [0.717, 1.165) is 16.8 Å². The van der Waals surface area contributed by atoms with E-state index in [2.05, 4.69) is 20.4 Å². The second kappa shape index (κ2) is 9.49. The molecule has 0 fully saturated rings. The van der Waals surface area contributed by atoms with Gasteiger partial charge in [0.25, 0.3) is 0 Å². The topological polar surface area (TPSA) is 144 Å². The molecule has 2 aromatic carbocycles. The lowest BCUT2D eigenvalue weighted by molar-refractivity contribution is 0.393. The maximum Gasteiger partial charge on any atom is 0.349 e. The summed E-state index contributed by atoms with van der Waals surface area (Å²) in [7, 11) is 3.14. The summed E-state index contributed by atoms with van der Waals surface area (Å²) in [5, 5.41) is 15.6. The van der Waals surface area contributed by atoms with Gasteiger partial charge in [0.2, 0.25) is 0 Å². The molecule has 10 heteroatoms. The van der Waals surface area contributed by atoms with Crippen LogP contribution in [0.1, 0.15) is 28.6 Å². The molecule has 0 amide bonds. The Kier molecular flexibility index (Phi) is 6.30. The first-order chi connectivity index (χ1) is 16.4. The Labute approximate surface area is 195 Å². The van der Waals surface area contributed by atoms with Crippen LogP contribution in [-0.2, 0) is 0 Å². The first-order valence-corrected chi connectivity index (χ1v) is 10.4. The Morgan fingerprint density at radius 2 is 1.79 bits per heavy atom. The Hall–Kier alpha value is -4.60. The predicted molar refractivity (Wildman–Crippen MR) is 129 cm³/mol. The average Bonchev–Trinajstić information content (AvgIpc) is 3.23. The number of amidine groups is 1. The van der Waals surface area contributed by atoms with Crippen LogP contribution in [-0.4, -0.2) is 39.8 Å². The van der Waals surface area contributed by atoms with Crippen molar-refractivity contribution in [3.05, 3.63) is 93.8 Å². The van der Waals surface area contributed by atoms with Gasteiger partial charge in [-0.3, -0.25) is 10.4 Å².